The van der Waals surface area contributed by atoms with Crippen molar-refractivity contribution < 1.29 is 9.47 Å². The van der Waals surface area contributed by atoms with E-state index >= 15 is 0 Å². The Kier molecular flexibility index (Phi) is 3.60. The van der Waals surface area contributed by atoms with Crippen molar-refractivity contribution >= 4 is 44.6 Å². The van der Waals surface area contributed by atoms with Gasteiger partial charge in [0, 0.05) is 17.0 Å². The normalized spacial score (nSPS) is 14.5. The molecule has 2 heterocycles. The highest BCUT2D eigenvalue weighted by Crippen LogP contribution is 2.40. The van der Waals surface area contributed by atoms with Crippen molar-refractivity contribution in [3.8, 4) is 11.5 Å². The summed E-state index contributed by atoms with van der Waals surface area (Å²) in [6.45, 7) is 2.35. The van der Waals surface area contributed by atoms with Crippen molar-refractivity contribution in [1.29, 1.82) is 0 Å². The van der Waals surface area contributed by atoms with Crippen LogP contribution in [0.15, 0.2) is 28.1 Å². The fourth-order valence-corrected chi connectivity index (χ4v) is 3.53. The molecule has 0 radical (unpaired) electrons. The predicted molar refractivity (Wildman–Crippen MR) is 81.6 cm³/mol. The molecule has 1 unspecified atom stereocenters. The number of hydrogen-bond acceptors (Lipinski definition) is 4. The number of halogens is 2. The van der Waals surface area contributed by atoms with Crippen molar-refractivity contribution in [3.05, 3.63) is 38.0 Å². The fraction of sp³-hybridized carbons (Fsp3) is 0.231. The van der Waals surface area contributed by atoms with Crippen molar-refractivity contribution in [2.24, 2.45) is 0 Å². The molecule has 0 saturated carbocycles. The van der Waals surface area contributed by atoms with Gasteiger partial charge in [0.15, 0.2) is 11.5 Å². The molecule has 0 spiro atoms. The van der Waals surface area contributed by atoms with Gasteiger partial charge in [0.25, 0.3) is 0 Å². The number of rotatable bonds is 3. The van der Waals surface area contributed by atoms with Crippen LogP contribution in [0.3, 0.4) is 0 Å². The highest BCUT2D eigenvalue weighted by atomic mass is 79.9. The zero-order valence-corrected chi connectivity index (χ0v) is 13.2. The van der Waals surface area contributed by atoms with E-state index in [2.05, 4.69) is 34.2 Å². The van der Waals surface area contributed by atoms with Gasteiger partial charge in [0.2, 0.25) is 6.79 Å². The molecule has 0 fully saturated rings. The lowest BCUT2D eigenvalue weighted by Gasteiger charge is -2.15. The quantitative estimate of drug-likeness (QED) is 0.829. The minimum Gasteiger partial charge on any atom is -0.454 e. The molecule has 3 rings (SSSR count). The lowest BCUT2D eigenvalue weighted by molar-refractivity contribution is 0.174. The molecule has 1 aliphatic heterocycles. The summed E-state index contributed by atoms with van der Waals surface area (Å²) in [5, 5.41) is 4.02. The molecule has 0 aliphatic carbocycles. The summed E-state index contributed by atoms with van der Waals surface area (Å²) in [7, 11) is 0. The first kappa shape index (κ1) is 13.1. The van der Waals surface area contributed by atoms with Crippen LogP contribution in [0.2, 0.25) is 5.02 Å². The Morgan fingerprint density at radius 1 is 1.32 bits per heavy atom. The first-order valence-electron chi connectivity index (χ1n) is 5.74. The second kappa shape index (κ2) is 5.23. The number of thiophene rings is 1. The van der Waals surface area contributed by atoms with Crippen molar-refractivity contribution in [2.75, 3.05) is 12.1 Å². The SMILES string of the molecule is CC(Nc1cc2c(cc1Cl)OCO2)c1ccc(Br)s1. The van der Waals surface area contributed by atoms with E-state index in [0.717, 1.165) is 15.2 Å². The second-order valence-corrected chi connectivity index (χ2v) is 7.10. The Bertz CT molecular complexity index is 617. The van der Waals surface area contributed by atoms with Gasteiger partial charge in [-0.15, -0.1) is 11.3 Å². The summed E-state index contributed by atoms with van der Waals surface area (Å²) in [5.74, 6) is 1.42. The van der Waals surface area contributed by atoms with E-state index in [1.165, 1.54) is 4.88 Å². The van der Waals surface area contributed by atoms with Crippen LogP contribution < -0.4 is 14.8 Å². The van der Waals surface area contributed by atoms with E-state index in [-0.39, 0.29) is 12.8 Å². The molecule has 0 amide bonds. The van der Waals surface area contributed by atoms with Crippen LogP contribution in [0.1, 0.15) is 17.8 Å². The monoisotopic (exact) mass is 359 g/mol. The fourth-order valence-electron chi connectivity index (χ4n) is 1.89. The molecule has 1 atom stereocenters. The highest BCUT2D eigenvalue weighted by Gasteiger charge is 2.18. The first-order valence-corrected chi connectivity index (χ1v) is 7.73. The minimum atomic E-state index is 0.175. The van der Waals surface area contributed by atoms with Gasteiger partial charge in [0.1, 0.15) is 0 Å². The maximum absolute atomic E-state index is 6.24. The van der Waals surface area contributed by atoms with Crippen molar-refractivity contribution in [2.45, 2.75) is 13.0 Å². The van der Waals surface area contributed by atoms with Crippen LogP contribution in [-0.2, 0) is 0 Å². The lowest BCUT2D eigenvalue weighted by Crippen LogP contribution is -2.05. The number of benzene rings is 1. The number of fused-ring (bicyclic) bond motifs is 1. The standard InChI is InChI=1S/C13H11BrClNO2S/c1-7(12-2-3-13(14)19-12)16-9-5-11-10(4-8(9)15)17-6-18-11/h2-5,7,16H,6H2,1H3. The zero-order valence-electron chi connectivity index (χ0n) is 10.1. The molecular weight excluding hydrogens is 350 g/mol. The largest absolute Gasteiger partial charge is 0.454 e. The smallest absolute Gasteiger partial charge is 0.231 e. The third kappa shape index (κ3) is 2.68. The molecule has 100 valence electrons. The topological polar surface area (TPSA) is 30.5 Å². The Balaban J connectivity index is 1.83. The molecule has 6 heteroatoms. The van der Waals surface area contributed by atoms with E-state index < -0.39 is 0 Å². The van der Waals surface area contributed by atoms with Crippen molar-refractivity contribution in [3.63, 3.8) is 0 Å². The van der Waals surface area contributed by atoms with Gasteiger partial charge in [-0.25, -0.2) is 0 Å². The summed E-state index contributed by atoms with van der Waals surface area (Å²) >= 11 is 11.4. The number of ether oxygens (including phenoxy) is 2. The van der Waals surface area contributed by atoms with Crippen LogP contribution >= 0.6 is 38.9 Å². The molecule has 1 aromatic carbocycles. The Hall–Kier alpha value is -0.910. The summed E-state index contributed by atoms with van der Waals surface area (Å²) < 4.78 is 11.8. The molecule has 1 N–H and O–H groups in total. The lowest BCUT2D eigenvalue weighted by atomic mass is 10.2. The number of hydrogen-bond donors (Lipinski definition) is 1. The number of anilines is 1. The van der Waals surface area contributed by atoms with Gasteiger partial charge in [0.05, 0.1) is 20.5 Å². The van der Waals surface area contributed by atoms with Crippen LogP contribution in [0, 0.1) is 0 Å². The van der Waals surface area contributed by atoms with Gasteiger partial charge in [-0.05, 0) is 35.0 Å². The zero-order chi connectivity index (χ0) is 13.4. The maximum atomic E-state index is 6.24. The van der Waals surface area contributed by atoms with Crippen molar-refractivity contribution in [1.82, 2.24) is 0 Å². The van der Waals surface area contributed by atoms with E-state index in [1.807, 2.05) is 12.1 Å². The van der Waals surface area contributed by atoms with Gasteiger partial charge in [-0.3, -0.25) is 0 Å². The average molecular weight is 361 g/mol. The molecule has 1 aromatic heterocycles. The second-order valence-electron chi connectivity index (χ2n) is 4.19. The van der Waals surface area contributed by atoms with E-state index in [9.17, 15) is 0 Å². The van der Waals surface area contributed by atoms with Crippen LogP contribution in [0.4, 0.5) is 5.69 Å². The van der Waals surface area contributed by atoms with E-state index in [0.29, 0.717) is 10.8 Å². The van der Waals surface area contributed by atoms with E-state index in [1.54, 1.807) is 17.4 Å². The van der Waals surface area contributed by atoms with Gasteiger partial charge >= 0.3 is 0 Å². The average Bonchev–Trinajstić information content (AvgIpc) is 2.98. The van der Waals surface area contributed by atoms with Gasteiger partial charge in [-0.2, -0.15) is 0 Å². The Morgan fingerprint density at radius 3 is 2.74 bits per heavy atom. The molecule has 0 saturated heterocycles. The molecule has 1 aliphatic rings. The summed E-state index contributed by atoms with van der Waals surface area (Å²) in [4.78, 5) is 1.24. The maximum Gasteiger partial charge on any atom is 0.231 e. The van der Waals surface area contributed by atoms with Gasteiger partial charge < -0.3 is 14.8 Å². The first-order chi connectivity index (χ1) is 9.13. The van der Waals surface area contributed by atoms with Crippen LogP contribution in [0.25, 0.3) is 0 Å². The van der Waals surface area contributed by atoms with Gasteiger partial charge in [-0.1, -0.05) is 11.6 Å². The van der Waals surface area contributed by atoms with E-state index in [4.69, 9.17) is 21.1 Å². The molecule has 0 bridgehead atoms. The molecule has 2 aromatic rings. The summed E-state index contributed by atoms with van der Waals surface area (Å²) in [6.07, 6.45) is 0. The third-order valence-electron chi connectivity index (χ3n) is 2.86. The summed E-state index contributed by atoms with van der Waals surface area (Å²) in [5.41, 5.74) is 0.850. The summed E-state index contributed by atoms with van der Waals surface area (Å²) in [6, 6.07) is 7.97. The minimum absolute atomic E-state index is 0.175. The van der Waals surface area contributed by atoms with Crippen LogP contribution in [-0.4, -0.2) is 6.79 Å². The van der Waals surface area contributed by atoms with Crippen LogP contribution in [0.5, 0.6) is 11.5 Å². The Labute approximate surface area is 128 Å². The molecule has 3 nitrogen and oxygen atoms in total. The molecule has 19 heavy (non-hydrogen) atoms. The molecular formula is C13H11BrClNO2S. The predicted octanol–water partition coefficient (Wildman–Crippen LogP) is 5.07. The Morgan fingerprint density at radius 2 is 2.05 bits per heavy atom. The highest BCUT2D eigenvalue weighted by molar-refractivity contribution is 9.11. The third-order valence-corrected chi connectivity index (χ3v) is 4.97. The number of nitrogens with one attached hydrogen (secondary N) is 1.